The van der Waals surface area contributed by atoms with E-state index >= 15 is 0 Å². The molecule has 0 aliphatic carbocycles. The summed E-state index contributed by atoms with van der Waals surface area (Å²) in [6.45, 7) is 0. The van der Waals surface area contributed by atoms with Crippen molar-refractivity contribution >= 4 is 17.3 Å². The Balaban J connectivity index is 1.78. The summed E-state index contributed by atoms with van der Waals surface area (Å²) >= 11 is 1.62. The summed E-state index contributed by atoms with van der Waals surface area (Å²) in [7, 11) is 3.04. The highest BCUT2D eigenvalue weighted by Crippen LogP contribution is 2.30. The zero-order valence-corrected chi connectivity index (χ0v) is 14.3. The third-order valence-electron chi connectivity index (χ3n) is 3.67. The van der Waals surface area contributed by atoms with Crippen LogP contribution in [0, 0.1) is 0 Å². The van der Waals surface area contributed by atoms with E-state index in [1.54, 1.807) is 30.6 Å². The number of ether oxygens (including phenoxy) is 2. The van der Waals surface area contributed by atoms with Gasteiger partial charge in [-0.15, -0.1) is 11.3 Å². The summed E-state index contributed by atoms with van der Waals surface area (Å²) in [5, 5.41) is 3.05. The van der Waals surface area contributed by atoms with Gasteiger partial charge in [-0.2, -0.15) is 0 Å². The summed E-state index contributed by atoms with van der Waals surface area (Å²) in [5.41, 5.74) is 3.56. The highest BCUT2D eigenvalue weighted by Gasteiger charge is 2.10. The summed E-state index contributed by atoms with van der Waals surface area (Å²) in [6, 6.07) is 15.3. The minimum atomic E-state index is -0.325. The maximum absolute atomic E-state index is 11.5. The molecule has 4 nitrogen and oxygen atoms in total. The van der Waals surface area contributed by atoms with E-state index in [-0.39, 0.29) is 5.97 Å². The monoisotopic (exact) mass is 339 g/mol. The van der Waals surface area contributed by atoms with Gasteiger partial charge in [-0.3, -0.25) is 0 Å². The lowest BCUT2D eigenvalue weighted by atomic mass is 10.1. The van der Waals surface area contributed by atoms with Gasteiger partial charge in [-0.25, -0.2) is 9.78 Å². The average molecular weight is 339 g/mol. The molecule has 3 rings (SSSR count). The van der Waals surface area contributed by atoms with E-state index in [9.17, 15) is 4.79 Å². The Kier molecular flexibility index (Phi) is 4.91. The van der Waals surface area contributed by atoms with Gasteiger partial charge < -0.3 is 9.47 Å². The zero-order valence-electron chi connectivity index (χ0n) is 13.5. The summed E-state index contributed by atoms with van der Waals surface area (Å²) in [5.74, 6) is 0.492. The van der Waals surface area contributed by atoms with Gasteiger partial charge in [-0.05, 0) is 29.8 Å². The molecule has 0 bridgehead atoms. The number of nitrogens with zero attached hydrogens (tertiary/aromatic N) is 1. The molecule has 122 valence electrons. The molecular formula is C19H17NO3S. The van der Waals surface area contributed by atoms with Crippen molar-refractivity contribution in [2.75, 3.05) is 14.2 Å². The Morgan fingerprint density at radius 3 is 2.54 bits per heavy atom. The van der Waals surface area contributed by atoms with E-state index in [2.05, 4.69) is 0 Å². The average Bonchev–Trinajstić information content (AvgIpc) is 3.10. The Bertz CT molecular complexity index is 840. The van der Waals surface area contributed by atoms with Crippen LogP contribution in [0.5, 0.6) is 5.75 Å². The van der Waals surface area contributed by atoms with Gasteiger partial charge in [0.2, 0.25) is 0 Å². The van der Waals surface area contributed by atoms with Crippen LogP contribution in [0.2, 0.25) is 0 Å². The fourth-order valence-corrected chi connectivity index (χ4v) is 3.25. The molecule has 0 fully saturated rings. The number of esters is 1. The molecule has 24 heavy (non-hydrogen) atoms. The molecule has 0 spiro atoms. The first-order valence-corrected chi connectivity index (χ1v) is 8.34. The highest BCUT2D eigenvalue weighted by molar-refractivity contribution is 7.10. The van der Waals surface area contributed by atoms with Crippen molar-refractivity contribution in [1.29, 1.82) is 0 Å². The van der Waals surface area contributed by atoms with Crippen LogP contribution in [0.25, 0.3) is 11.3 Å². The molecule has 0 aliphatic rings. The SMILES string of the molecule is COC(=O)c1ccc(Cc2nc(-c3ccccc3OC)cs2)cc1. The molecule has 0 amide bonds. The third-order valence-corrected chi connectivity index (χ3v) is 4.51. The molecule has 0 atom stereocenters. The summed E-state index contributed by atoms with van der Waals surface area (Å²) in [6.07, 6.45) is 0.723. The summed E-state index contributed by atoms with van der Waals surface area (Å²) in [4.78, 5) is 16.2. The Morgan fingerprint density at radius 2 is 1.83 bits per heavy atom. The van der Waals surface area contributed by atoms with Crippen LogP contribution in [0.1, 0.15) is 20.9 Å². The Morgan fingerprint density at radius 1 is 1.08 bits per heavy atom. The first-order chi connectivity index (χ1) is 11.7. The Hall–Kier alpha value is -2.66. The minimum Gasteiger partial charge on any atom is -0.496 e. The van der Waals surface area contributed by atoms with Crippen molar-refractivity contribution in [3.8, 4) is 17.0 Å². The number of rotatable bonds is 5. The van der Waals surface area contributed by atoms with Crippen molar-refractivity contribution in [3.05, 3.63) is 70.0 Å². The second kappa shape index (κ2) is 7.27. The lowest BCUT2D eigenvalue weighted by Crippen LogP contribution is -2.00. The normalized spacial score (nSPS) is 10.4. The van der Waals surface area contributed by atoms with Crippen LogP contribution in [0.3, 0.4) is 0 Å². The number of carbonyl (C=O) groups excluding carboxylic acids is 1. The quantitative estimate of drug-likeness (QED) is 0.654. The van der Waals surface area contributed by atoms with E-state index in [0.717, 1.165) is 34.0 Å². The number of carbonyl (C=O) groups is 1. The minimum absolute atomic E-state index is 0.325. The number of hydrogen-bond donors (Lipinski definition) is 0. The van der Waals surface area contributed by atoms with Gasteiger partial charge in [0.25, 0.3) is 0 Å². The smallest absolute Gasteiger partial charge is 0.337 e. The van der Waals surface area contributed by atoms with Crippen LogP contribution < -0.4 is 4.74 Å². The molecule has 5 heteroatoms. The van der Waals surface area contributed by atoms with Crippen molar-refractivity contribution in [2.45, 2.75) is 6.42 Å². The maximum atomic E-state index is 11.5. The van der Waals surface area contributed by atoms with Gasteiger partial charge in [0.15, 0.2) is 0 Å². The topological polar surface area (TPSA) is 48.4 Å². The molecule has 3 aromatic rings. The molecule has 0 saturated heterocycles. The van der Waals surface area contributed by atoms with Crippen LogP contribution >= 0.6 is 11.3 Å². The van der Waals surface area contributed by atoms with Gasteiger partial charge in [0.05, 0.1) is 30.5 Å². The van der Waals surface area contributed by atoms with Crippen LogP contribution in [-0.4, -0.2) is 25.2 Å². The molecule has 1 heterocycles. The third kappa shape index (κ3) is 3.46. The second-order valence-electron chi connectivity index (χ2n) is 5.19. The van der Waals surface area contributed by atoms with Crippen molar-refractivity contribution in [3.63, 3.8) is 0 Å². The largest absolute Gasteiger partial charge is 0.496 e. The molecular weight excluding hydrogens is 322 g/mol. The van der Waals surface area contributed by atoms with E-state index in [1.807, 2.05) is 41.8 Å². The van der Waals surface area contributed by atoms with Crippen LogP contribution in [-0.2, 0) is 11.2 Å². The molecule has 0 saturated carbocycles. The predicted molar refractivity (Wildman–Crippen MR) is 94.7 cm³/mol. The van der Waals surface area contributed by atoms with Crippen molar-refractivity contribution in [2.24, 2.45) is 0 Å². The number of methoxy groups -OCH3 is 2. The van der Waals surface area contributed by atoms with Gasteiger partial charge in [0, 0.05) is 17.4 Å². The zero-order chi connectivity index (χ0) is 16.9. The molecule has 0 N–H and O–H groups in total. The van der Waals surface area contributed by atoms with Crippen molar-refractivity contribution < 1.29 is 14.3 Å². The van der Waals surface area contributed by atoms with E-state index in [0.29, 0.717) is 5.56 Å². The fraction of sp³-hybridized carbons (Fsp3) is 0.158. The molecule has 1 aromatic heterocycles. The number of para-hydroxylation sites is 1. The van der Waals surface area contributed by atoms with Crippen LogP contribution in [0.15, 0.2) is 53.9 Å². The second-order valence-corrected chi connectivity index (χ2v) is 6.13. The number of hydrogen-bond acceptors (Lipinski definition) is 5. The van der Waals surface area contributed by atoms with Crippen LogP contribution in [0.4, 0.5) is 0 Å². The van der Waals surface area contributed by atoms with Crippen molar-refractivity contribution in [1.82, 2.24) is 4.98 Å². The van der Waals surface area contributed by atoms with Gasteiger partial charge in [-0.1, -0.05) is 24.3 Å². The predicted octanol–water partition coefficient (Wildman–Crippen LogP) is 4.20. The lowest BCUT2D eigenvalue weighted by molar-refractivity contribution is 0.0600. The number of benzene rings is 2. The Labute approximate surface area is 144 Å². The highest BCUT2D eigenvalue weighted by atomic mass is 32.1. The number of aromatic nitrogens is 1. The molecule has 0 unspecified atom stereocenters. The molecule has 0 radical (unpaired) electrons. The van der Waals surface area contributed by atoms with Gasteiger partial charge >= 0.3 is 5.97 Å². The van der Waals surface area contributed by atoms with E-state index in [1.165, 1.54) is 7.11 Å². The first-order valence-electron chi connectivity index (χ1n) is 7.46. The maximum Gasteiger partial charge on any atom is 0.337 e. The standard InChI is InChI=1S/C19H17NO3S/c1-22-17-6-4-3-5-15(17)16-12-24-18(20-16)11-13-7-9-14(10-8-13)19(21)23-2/h3-10,12H,11H2,1-2H3. The first kappa shape index (κ1) is 16.2. The lowest BCUT2D eigenvalue weighted by Gasteiger charge is -2.05. The fourth-order valence-electron chi connectivity index (χ4n) is 2.42. The van der Waals surface area contributed by atoms with E-state index < -0.39 is 0 Å². The summed E-state index contributed by atoms with van der Waals surface area (Å²) < 4.78 is 10.1. The number of thiazole rings is 1. The molecule has 0 aliphatic heterocycles. The van der Waals surface area contributed by atoms with E-state index in [4.69, 9.17) is 14.5 Å². The molecule has 2 aromatic carbocycles. The van der Waals surface area contributed by atoms with Gasteiger partial charge in [0.1, 0.15) is 5.75 Å².